The van der Waals surface area contributed by atoms with Gasteiger partial charge in [-0.05, 0) is 55.2 Å². The maximum absolute atomic E-state index is 6.12. The SMILES string of the molecule is CCCCCCCCCCCCOP(OCCCCCCCCCCCC)OCCCCCCCCCCCC.COc1ccc(-c2cc(=S)ss2)cc1. The number of hydrogen-bond acceptors (Lipinski definition) is 7. The fraction of sp³-hybridized carbons (Fsp3) is 0.804. The van der Waals surface area contributed by atoms with Crippen molar-refractivity contribution in [3.05, 3.63) is 34.2 Å². The number of hydrogen-bond donors (Lipinski definition) is 0. The topological polar surface area (TPSA) is 36.9 Å². The molecular weight excluding hydrogens is 744 g/mol. The number of rotatable bonds is 38. The Kier molecular flexibility index (Phi) is 39.0. The van der Waals surface area contributed by atoms with E-state index in [1.807, 2.05) is 30.3 Å². The number of unbranched alkanes of at least 4 members (excludes halogenated alkanes) is 27. The fourth-order valence-electron chi connectivity index (χ4n) is 6.43. The molecule has 0 unspecified atom stereocenters. The van der Waals surface area contributed by atoms with Gasteiger partial charge in [0.15, 0.2) is 0 Å². The Labute approximate surface area is 348 Å². The van der Waals surface area contributed by atoms with Crippen molar-refractivity contribution < 1.29 is 18.3 Å². The maximum atomic E-state index is 6.12. The van der Waals surface area contributed by atoms with E-state index in [0.717, 1.165) is 48.7 Å². The minimum Gasteiger partial charge on any atom is -0.497 e. The summed E-state index contributed by atoms with van der Waals surface area (Å²) in [6.45, 7) is 9.25. The lowest BCUT2D eigenvalue weighted by Crippen LogP contribution is -2.00. The Morgan fingerprint density at radius 1 is 0.444 bits per heavy atom. The lowest BCUT2D eigenvalue weighted by molar-refractivity contribution is 0.153. The van der Waals surface area contributed by atoms with Crippen LogP contribution in [-0.2, 0) is 13.6 Å². The summed E-state index contributed by atoms with van der Waals surface area (Å²) in [4.78, 5) is 1.22. The van der Waals surface area contributed by atoms with Crippen LogP contribution in [0, 0.1) is 3.82 Å². The van der Waals surface area contributed by atoms with Gasteiger partial charge in [-0.25, -0.2) is 0 Å². The fourth-order valence-corrected chi connectivity index (χ4v) is 9.89. The molecule has 0 bridgehead atoms. The van der Waals surface area contributed by atoms with E-state index in [1.165, 1.54) is 184 Å². The van der Waals surface area contributed by atoms with Gasteiger partial charge >= 0.3 is 8.60 Å². The minimum absolute atomic E-state index is 0.790. The zero-order valence-corrected chi connectivity index (χ0v) is 38.9. The van der Waals surface area contributed by atoms with Gasteiger partial charge in [0.25, 0.3) is 0 Å². The Bertz CT molecular complexity index is 1010. The molecule has 1 heterocycles. The molecule has 0 aliphatic heterocycles. The van der Waals surface area contributed by atoms with Crippen molar-refractivity contribution in [3.63, 3.8) is 0 Å². The summed E-state index contributed by atoms with van der Waals surface area (Å²) in [7, 11) is 3.85. The molecule has 4 nitrogen and oxygen atoms in total. The highest BCUT2D eigenvalue weighted by Crippen LogP contribution is 2.40. The molecule has 0 aliphatic carbocycles. The summed E-state index contributed by atoms with van der Waals surface area (Å²) in [5.74, 6) is 0.882. The molecule has 314 valence electrons. The van der Waals surface area contributed by atoms with E-state index in [-0.39, 0.29) is 0 Å². The number of methoxy groups -OCH3 is 1. The van der Waals surface area contributed by atoms with Crippen molar-refractivity contribution in [2.45, 2.75) is 213 Å². The molecule has 0 fully saturated rings. The van der Waals surface area contributed by atoms with Crippen LogP contribution >= 0.6 is 41.5 Å². The Morgan fingerprint density at radius 3 is 1.04 bits per heavy atom. The summed E-state index contributed by atoms with van der Waals surface area (Å²) in [6, 6.07) is 10.1. The Morgan fingerprint density at radius 2 is 0.759 bits per heavy atom. The van der Waals surface area contributed by atoms with Crippen LogP contribution in [0.25, 0.3) is 10.4 Å². The third-order valence-electron chi connectivity index (χ3n) is 9.92. The highest BCUT2D eigenvalue weighted by molar-refractivity contribution is 7.80. The average molecular weight is 827 g/mol. The van der Waals surface area contributed by atoms with E-state index in [9.17, 15) is 0 Å². The molecule has 0 spiro atoms. The molecule has 0 N–H and O–H groups in total. The first-order valence-electron chi connectivity index (χ1n) is 22.6. The highest BCUT2D eigenvalue weighted by atomic mass is 32.9. The van der Waals surface area contributed by atoms with Gasteiger partial charge in [0.1, 0.15) is 9.57 Å². The van der Waals surface area contributed by atoms with Gasteiger partial charge in [-0.15, -0.1) is 0 Å². The van der Waals surface area contributed by atoms with Gasteiger partial charge in [-0.3, -0.25) is 0 Å². The second kappa shape index (κ2) is 40.8. The quantitative estimate of drug-likeness (QED) is 0.0292. The van der Waals surface area contributed by atoms with E-state index >= 15 is 0 Å². The van der Waals surface area contributed by atoms with E-state index in [0.29, 0.717) is 0 Å². The van der Waals surface area contributed by atoms with Crippen molar-refractivity contribution in [1.82, 2.24) is 0 Å². The van der Waals surface area contributed by atoms with Gasteiger partial charge in [-0.1, -0.05) is 227 Å². The maximum Gasteiger partial charge on any atom is 0.332 e. The summed E-state index contributed by atoms with van der Waals surface area (Å²) >= 11 is 5.09. The second-order valence-electron chi connectivity index (χ2n) is 15.0. The van der Waals surface area contributed by atoms with Crippen LogP contribution in [-0.4, -0.2) is 26.9 Å². The Balaban J connectivity index is 0.000000853. The normalized spacial score (nSPS) is 11.3. The predicted octanol–water partition coefficient (Wildman–Crippen LogP) is 18.2. The van der Waals surface area contributed by atoms with Crippen molar-refractivity contribution in [2.75, 3.05) is 26.9 Å². The van der Waals surface area contributed by atoms with E-state index < -0.39 is 8.60 Å². The Hall–Kier alpha value is -0.400. The first-order valence-corrected chi connectivity index (χ1v) is 26.2. The number of ether oxygens (including phenoxy) is 1. The van der Waals surface area contributed by atoms with Gasteiger partial charge in [0.2, 0.25) is 0 Å². The molecule has 54 heavy (non-hydrogen) atoms. The van der Waals surface area contributed by atoms with Crippen LogP contribution in [0.3, 0.4) is 0 Å². The average Bonchev–Trinajstić information content (AvgIpc) is 3.64. The van der Waals surface area contributed by atoms with Crippen molar-refractivity contribution >= 4 is 41.5 Å². The second-order valence-corrected chi connectivity index (χ2v) is 19.1. The lowest BCUT2D eigenvalue weighted by atomic mass is 10.1. The molecule has 1 aromatic carbocycles. The molecular formula is C46H83O4PS3. The first-order chi connectivity index (χ1) is 26.6. The van der Waals surface area contributed by atoms with Gasteiger partial charge in [0, 0.05) is 4.88 Å². The highest BCUT2D eigenvalue weighted by Gasteiger charge is 2.12. The third kappa shape index (κ3) is 32.7. The molecule has 1 aromatic heterocycles. The molecule has 0 saturated heterocycles. The van der Waals surface area contributed by atoms with Crippen molar-refractivity contribution in [1.29, 1.82) is 0 Å². The zero-order valence-electron chi connectivity index (χ0n) is 35.5. The van der Waals surface area contributed by atoms with E-state index in [4.69, 9.17) is 30.5 Å². The summed E-state index contributed by atoms with van der Waals surface area (Å²) in [6.07, 6.45) is 40.6. The van der Waals surface area contributed by atoms with Crippen LogP contribution in [0.15, 0.2) is 30.3 Å². The molecule has 8 heteroatoms. The van der Waals surface area contributed by atoms with Crippen molar-refractivity contribution in [2.24, 2.45) is 0 Å². The standard InChI is InChI=1S/C36H75O3P.C10H8OS3/c1-4-7-10-13-16-19-22-25-28-31-34-37-40(38-35-32-29-26-23-20-17-14-11-8-5-2)39-36-33-30-27-24-21-18-15-12-9-6-3;1-11-8-4-2-7(3-5-8)9-6-10(12)14-13-9/h4-36H2,1-3H3;2-6H,1H3. The zero-order chi connectivity index (χ0) is 39.0. The van der Waals surface area contributed by atoms with Crippen LogP contribution in [0.5, 0.6) is 5.75 Å². The molecule has 2 aromatic rings. The summed E-state index contributed by atoms with van der Waals surface area (Å²) in [5.41, 5.74) is 1.20. The van der Waals surface area contributed by atoms with Crippen LogP contribution in [0.2, 0.25) is 0 Å². The van der Waals surface area contributed by atoms with Gasteiger partial charge < -0.3 is 18.3 Å². The minimum atomic E-state index is -1.17. The molecule has 0 atom stereocenters. The van der Waals surface area contributed by atoms with E-state index in [1.54, 1.807) is 27.8 Å². The smallest absolute Gasteiger partial charge is 0.332 e. The predicted molar refractivity (Wildman–Crippen MR) is 245 cm³/mol. The molecule has 0 radical (unpaired) electrons. The molecule has 2 rings (SSSR count). The van der Waals surface area contributed by atoms with Gasteiger partial charge in [-0.2, -0.15) is 0 Å². The number of benzene rings is 1. The molecule has 0 saturated carbocycles. The lowest BCUT2D eigenvalue weighted by Gasteiger charge is -2.17. The van der Waals surface area contributed by atoms with E-state index in [2.05, 4.69) is 20.8 Å². The molecule has 0 aliphatic rings. The van der Waals surface area contributed by atoms with Crippen molar-refractivity contribution in [3.8, 4) is 16.2 Å². The monoisotopic (exact) mass is 827 g/mol. The molecule has 0 amide bonds. The first kappa shape index (κ1) is 51.6. The largest absolute Gasteiger partial charge is 0.497 e. The summed E-state index contributed by atoms with van der Waals surface area (Å²) < 4.78 is 24.4. The summed E-state index contributed by atoms with van der Waals surface area (Å²) in [5, 5.41) is 0. The van der Waals surface area contributed by atoms with Crippen LogP contribution in [0.1, 0.15) is 213 Å². The van der Waals surface area contributed by atoms with Crippen LogP contribution < -0.4 is 4.74 Å². The van der Waals surface area contributed by atoms with Crippen LogP contribution in [0.4, 0.5) is 0 Å². The van der Waals surface area contributed by atoms with Gasteiger partial charge in [0.05, 0.1) is 26.9 Å². The third-order valence-corrected chi connectivity index (χ3v) is 14.0.